The van der Waals surface area contributed by atoms with Crippen LogP contribution in [0.15, 0.2) is 41.4 Å². The molecule has 0 atom stereocenters. The first-order valence-electron chi connectivity index (χ1n) is 6.54. The summed E-state index contributed by atoms with van der Waals surface area (Å²) in [6.45, 7) is 7.78. The molecule has 0 saturated heterocycles. The van der Waals surface area contributed by atoms with E-state index in [1.54, 1.807) is 24.3 Å². The van der Waals surface area contributed by atoms with Gasteiger partial charge in [0, 0.05) is 0 Å². The highest BCUT2D eigenvalue weighted by Gasteiger charge is 2.10. The Morgan fingerprint density at radius 2 is 2.05 bits per heavy atom. The van der Waals surface area contributed by atoms with Gasteiger partial charge in [-0.05, 0) is 38.1 Å². The van der Waals surface area contributed by atoms with E-state index in [1.807, 2.05) is 13.8 Å². The van der Waals surface area contributed by atoms with Gasteiger partial charge >= 0.3 is 5.97 Å². The van der Waals surface area contributed by atoms with Crippen molar-refractivity contribution in [1.82, 2.24) is 5.16 Å². The molecule has 5 nitrogen and oxygen atoms in total. The summed E-state index contributed by atoms with van der Waals surface area (Å²) in [5.74, 6) is 1.03. The third kappa shape index (κ3) is 3.72. The van der Waals surface area contributed by atoms with Crippen LogP contribution in [0.2, 0.25) is 0 Å². The van der Waals surface area contributed by atoms with E-state index in [9.17, 15) is 4.79 Å². The lowest BCUT2D eigenvalue weighted by atomic mass is 10.2. The molecule has 2 rings (SSSR count). The van der Waals surface area contributed by atoms with E-state index >= 15 is 0 Å². The van der Waals surface area contributed by atoms with Crippen LogP contribution in [0.1, 0.15) is 27.4 Å². The number of carbonyl (C=O) groups is 1. The van der Waals surface area contributed by atoms with Gasteiger partial charge in [-0.2, -0.15) is 0 Å². The van der Waals surface area contributed by atoms with E-state index in [0.717, 1.165) is 17.0 Å². The second kappa shape index (κ2) is 6.74. The van der Waals surface area contributed by atoms with Gasteiger partial charge in [0.25, 0.3) is 0 Å². The van der Waals surface area contributed by atoms with Crippen LogP contribution in [0.4, 0.5) is 0 Å². The lowest BCUT2D eigenvalue weighted by molar-refractivity contribution is 0.0549. The lowest BCUT2D eigenvalue weighted by Gasteiger charge is -2.07. The molecule has 0 unspecified atom stereocenters. The first-order chi connectivity index (χ1) is 10.1. The molecule has 0 amide bonds. The van der Waals surface area contributed by atoms with E-state index in [1.165, 1.54) is 6.08 Å². The summed E-state index contributed by atoms with van der Waals surface area (Å²) < 4.78 is 15.7. The highest BCUT2D eigenvalue weighted by molar-refractivity contribution is 5.89. The zero-order valence-electron chi connectivity index (χ0n) is 12.1. The van der Waals surface area contributed by atoms with Gasteiger partial charge in [0.05, 0.1) is 16.8 Å². The molecule has 1 aromatic heterocycles. The minimum atomic E-state index is -0.382. The number of hydrogen-bond donors (Lipinski definition) is 0. The van der Waals surface area contributed by atoms with Crippen molar-refractivity contribution in [3.8, 4) is 5.75 Å². The predicted molar refractivity (Wildman–Crippen MR) is 77.2 cm³/mol. The zero-order valence-corrected chi connectivity index (χ0v) is 12.1. The molecule has 0 bridgehead atoms. The standard InChI is InChI=1S/C16H17NO4/c1-4-9-19-16(18)13-5-7-14(8-6-13)20-10-15-11(2)17-21-12(15)3/h4-8H,1,9-10H2,2-3H3. The average Bonchev–Trinajstić information content (AvgIpc) is 2.82. The van der Waals surface area contributed by atoms with Gasteiger partial charge in [-0.15, -0.1) is 0 Å². The normalized spacial score (nSPS) is 10.2. The Kier molecular flexibility index (Phi) is 4.77. The summed E-state index contributed by atoms with van der Waals surface area (Å²) in [6, 6.07) is 6.77. The summed E-state index contributed by atoms with van der Waals surface area (Å²) >= 11 is 0. The van der Waals surface area contributed by atoms with Crippen LogP contribution in [0, 0.1) is 13.8 Å². The fourth-order valence-electron chi connectivity index (χ4n) is 1.77. The number of nitrogens with zero attached hydrogens (tertiary/aromatic N) is 1. The van der Waals surface area contributed by atoms with Gasteiger partial charge < -0.3 is 14.0 Å². The minimum Gasteiger partial charge on any atom is -0.489 e. The number of aromatic nitrogens is 1. The highest BCUT2D eigenvalue weighted by Crippen LogP contribution is 2.18. The van der Waals surface area contributed by atoms with E-state index in [2.05, 4.69) is 11.7 Å². The Morgan fingerprint density at radius 1 is 1.33 bits per heavy atom. The molecule has 0 N–H and O–H groups in total. The molecule has 110 valence electrons. The SMILES string of the molecule is C=CCOC(=O)c1ccc(OCc2c(C)noc2C)cc1. The number of benzene rings is 1. The van der Waals surface area contributed by atoms with Crippen molar-refractivity contribution in [3.05, 3.63) is 59.5 Å². The number of hydrogen-bond acceptors (Lipinski definition) is 5. The van der Waals surface area contributed by atoms with E-state index in [4.69, 9.17) is 14.0 Å². The lowest BCUT2D eigenvalue weighted by Crippen LogP contribution is -2.05. The minimum absolute atomic E-state index is 0.198. The van der Waals surface area contributed by atoms with Crippen LogP contribution in [-0.2, 0) is 11.3 Å². The molecule has 2 aromatic rings. The smallest absolute Gasteiger partial charge is 0.338 e. The Bertz CT molecular complexity index is 609. The van der Waals surface area contributed by atoms with Crippen molar-refractivity contribution in [3.63, 3.8) is 0 Å². The topological polar surface area (TPSA) is 61.6 Å². The first-order valence-corrected chi connectivity index (χ1v) is 6.54. The Labute approximate surface area is 123 Å². The van der Waals surface area contributed by atoms with Crippen LogP contribution >= 0.6 is 0 Å². The van der Waals surface area contributed by atoms with Crippen molar-refractivity contribution in [2.45, 2.75) is 20.5 Å². The maximum atomic E-state index is 11.6. The number of aryl methyl sites for hydroxylation is 2. The molecule has 1 heterocycles. The third-order valence-electron chi connectivity index (χ3n) is 2.99. The fraction of sp³-hybridized carbons (Fsp3) is 0.250. The molecule has 0 aliphatic heterocycles. The van der Waals surface area contributed by atoms with Gasteiger partial charge in [-0.25, -0.2) is 4.79 Å². The quantitative estimate of drug-likeness (QED) is 0.603. The number of rotatable bonds is 6. The summed E-state index contributed by atoms with van der Waals surface area (Å²) in [5.41, 5.74) is 2.23. The number of ether oxygens (including phenoxy) is 2. The van der Waals surface area contributed by atoms with Gasteiger partial charge in [-0.1, -0.05) is 17.8 Å². The van der Waals surface area contributed by atoms with Crippen LogP contribution in [0.3, 0.4) is 0 Å². The van der Waals surface area contributed by atoms with Crippen LogP contribution in [0.25, 0.3) is 0 Å². The van der Waals surface area contributed by atoms with E-state index < -0.39 is 0 Å². The monoisotopic (exact) mass is 287 g/mol. The van der Waals surface area contributed by atoms with Crippen molar-refractivity contribution in [1.29, 1.82) is 0 Å². The van der Waals surface area contributed by atoms with Crippen molar-refractivity contribution in [2.75, 3.05) is 6.61 Å². The van der Waals surface area contributed by atoms with Gasteiger partial charge in [-0.3, -0.25) is 0 Å². The predicted octanol–water partition coefficient (Wildman–Crippen LogP) is 3.21. The summed E-state index contributed by atoms with van der Waals surface area (Å²) in [7, 11) is 0. The maximum Gasteiger partial charge on any atom is 0.338 e. The second-order valence-electron chi connectivity index (χ2n) is 4.50. The highest BCUT2D eigenvalue weighted by atomic mass is 16.5. The molecule has 0 radical (unpaired) electrons. The van der Waals surface area contributed by atoms with Gasteiger partial charge in [0.15, 0.2) is 0 Å². The van der Waals surface area contributed by atoms with Crippen molar-refractivity contribution in [2.24, 2.45) is 0 Å². The molecule has 0 fully saturated rings. The third-order valence-corrected chi connectivity index (χ3v) is 2.99. The van der Waals surface area contributed by atoms with Crippen molar-refractivity contribution >= 4 is 5.97 Å². The number of carbonyl (C=O) groups excluding carboxylic acids is 1. The molecule has 0 aliphatic rings. The average molecular weight is 287 g/mol. The van der Waals surface area contributed by atoms with Crippen LogP contribution < -0.4 is 4.74 Å². The Hall–Kier alpha value is -2.56. The second-order valence-corrected chi connectivity index (χ2v) is 4.50. The summed E-state index contributed by atoms with van der Waals surface area (Å²) in [5, 5.41) is 3.87. The van der Waals surface area contributed by atoms with Gasteiger partial charge in [0.2, 0.25) is 0 Å². The zero-order chi connectivity index (χ0) is 15.2. The van der Waals surface area contributed by atoms with E-state index in [0.29, 0.717) is 17.9 Å². The van der Waals surface area contributed by atoms with Crippen LogP contribution in [-0.4, -0.2) is 17.7 Å². The van der Waals surface area contributed by atoms with Crippen molar-refractivity contribution < 1.29 is 18.8 Å². The summed E-state index contributed by atoms with van der Waals surface area (Å²) in [6.07, 6.45) is 1.53. The maximum absolute atomic E-state index is 11.6. The molecular weight excluding hydrogens is 270 g/mol. The molecule has 0 saturated carbocycles. The molecule has 0 spiro atoms. The molecule has 0 aliphatic carbocycles. The molecular formula is C16H17NO4. The Balaban J connectivity index is 1.96. The van der Waals surface area contributed by atoms with Crippen LogP contribution in [0.5, 0.6) is 5.75 Å². The molecule has 1 aromatic carbocycles. The largest absolute Gasteiger partial charge is 0.489 e. The number of esters is 1. The molecule has 5 heteroatoms. The fourth-order valence-corrected chi connectivity index (χ4v) is 1.77. The molecule has 21 heavy (non-hydrogen) atoms. The Morgan fingerprint density at radius 3 is 2.62 bits per heavy atom. The summed E-state index contributed by atoms with van der Waals surface area (Å²) in [4.78, 5) is 11.6. The van der Waals surface area contributed by atoms with E-state index in [-0.39, 0.29) is 12.6 Å². The first kappa shape index (κ1) is 14.8. The van der Waals surface area contributed by atoms with Gasteiger partial charge in [0.1, 0.15) is 24.7 Å².